The molecule has 8 heteroatoms. The summed E-state index contributed by atoms with van der Waals surface area (Å²) < 4.78 is 0.875. The highest BCUT2D eigenvalue weighted by atomic mass is 79.9. The van der Waals surface area contributed by atoms with Gasteiger partial charge in [0.25, 0.3) is 0 Å². The maximum Gasteiger partial charge on any atom is 0.234 e. The number of allylic oxidation sites excluding steroid dienone is 2. The van der Waals surface area contributed by atoms with Crippen molar-refractivity contribution in [3.05, 3.63) is 80.8 Å². The minimum absolute atomic E-state index is 0.107. The molecular weight excluding hydrogens is 620 g/mol. The van der Waals surface area contributed by atoms with Gasteiger partial charge in [-0.1, -0.05) is 77.3 Å². The van der Waals surface area contributed by atoms with E-state index in [0.717, 1.165) is 60.1 Å². The van der Waals surface area contributed by atoms with E-state index in [1.807, 2.05) is 37.3 Å². The fraction of sp³-hybridized carbons (Fsp3) is 0.500. The van der Waals surface area contributed by atoms with E-state index in [-0.39, 0.29) is 30.2 Å². The van der Waals surface area contributed by atoms with Crippen LogP contribution in [0.2, 0.25) is 0 Å². The first-order chi connectivity index (χ1) is 21.2. The van der Waals surface area contributed by atoms with Crippen molar-refractivity contribution in [1.82, 2.24) is 9.80 Å². The van der Waals surface area contributed by atoms with Crippen molar-refractivity contribution >= 4 is 33.8 Å². The molecule has 2 saturated heterocycles. The molecule has 3 aliphatic rings. The number of rotatable bonds is 11. The third-order valence-electron chi connectivity index (χ3n) is 9.91. The van der Waals surface area contributed by atoms with E-state index in [1.165, 1.54) is 10.5 Å². The third-order valence-corrected chi connectivity index (χ3v) is 10.4. The van der Waals surface area contributed by atoms with Crippen molar-refractivity contribution in [3.8, 4) is 5.75 Å². The average Bonchev–Trinajstić information content (AvgIpc) is 3.29. The largest absolute Gasteiger partial charge is 0.507 e. The standard InChI is InChI=1S/C36H45BrN2O5/c1-3-23(18-26-19-27(37)11-13-31(26)41)10-12-32(42)33-25(4-2)20-29-34(30(33)22-40)36(44)39(35(29)43)28-14-16-38(17-15-28)21-24-8-6-5-7-9-24/h5-9,11,13,18-19,28-30,32,34,40-42H,3-4,10,12,14-17,20-22H2,1-2H3/b23-18+/t29-,30+,32-,34-/m1/s1. The van der Waals surface area contributed by atoms with Crippen LogP contribution in [0.1, 0.15) is 69.9 Å². The van der Waals surface area contributed by atoms with Gasteiger partial charge in [-0.05, 0) is 74.3 Å². The van der Waals surface area contributed by atoms with E-state index in [4.69, 9.17) is 0 Å². The van der Waals surface area contributed by atoms with Gasteiger partial charge in [0.2, 0.25) is 11.8 Å². The van der Waals surface area contributed by atoms with Crippen LogP contribution in [0.25, 0.3) is 6.08 Å². The number of benzene rings is 2. The second kappa shape index (κ2) is 14.5. The van der Waals surface area contributed by atoms with Crippen LogP contribution >= 0.6 is 15.9 Å². The Morgan fingerprint density at radius 3 is 2.45 bits per heavy atom. The quantitative estimate of drug-likeness (QED) is 0.199. The minimum atomic E-state index is -0.827. The van der Waals surface area contributed by atoms with Gasteiger partial charge in [-0.25, -0.2) is 0 Å². The van der Waals surface area contributed by atoms with Crippen LogP contribution in [0.4, 0.5) is 0 Å². The molecule has 0 spiro atoms. The van der Waals surface area contributed by atoms with E-state index in [9.17, 15) is 24.9 Å². The van der Waals surface area contributed by atoms with E-state index >= 15 is 0 Å². The third kappa shape index (κ3) is 6.89. The number of carbonyl (C=O) groups excluding carboxylic acids is 2. The summed E-state index contributed by atoms with van der Waals surface area (Å²) in [4.78, 5) is 31.7. The predicted octanol–water partition coefficient (Wildman–Crippen LogP) is 6.07. The second-order valence-corrected chi connectivity index (χ2v) is 13.4. The smallest absolute Gasteiger partial charge is 0.234 e. The summed E-state index contributed by atoms with van der Waals surface area (Å²) in [6, 6.07) is 15.5. The number of fused-ring (bicyclic) bond motifs is 1. The fourth-order valence-electron chi connectivity index (χ4n) is 7.55. The number of hydrogen-bond donors (Lipinski definition) is 3. The SMILES string of the molecule is CCC1=C([C@H](O)CC/C(=C/c2cc(Br)ccc2O)CC)[C@H](CO)[C@@H]2C(=O)N(C3CCN(Cc4ccccc4)CC3)C(=O)[C@@H]2C1. The number of aliphatic hydroxyl groups is 2. The maximum absolute atomic E-state index is 14.0. The average molecular weight is 666 g/mol. The number of likely N-dealkylation sites (tertiary alicyclic amines) is 2. The number of aromatic hydroxyl groups is 1. The Kier molecular flexibility index (Phi) is 10.8. The molecule has 0 saturated carbocycles. The molecular formula is C36H45BrN2O5. The van der Waals surface area contributed by atoms with Crippen molar-refractivity contribution < 1.29 is 24.9 Å². The van der Waals surface area contributed by atoms with Gasteiger partial charge in [0.05, 0.1) is 24.5 Å². The molecule has 0 bridgehead atoms. The van der Waals surface area contributed by atoms with Gasteiger partial charge in [-0.3, -0.25) is 19.4 Å². The molecule has 1 aliphatic carbocycles. The Morgan fingerprint density at radius 2 is 1.80 bits per heavy atom. The molecule has 2 amide bonds. The Morgan fingerprint density at radius 1 is 1.07 bits per heavy atom. The molecule has 0 radical (unpaired) electrons. The molecule has 2 aromatic rings. The lowest BCUT2D eigenvalue weighted by Gasteiger charge is -2.37. The van der Waals surface area contributed by atoms with Gasteiger partial charge in [-0.15, -0.1) is 0 Å². The molecule has 0 unspecified atom stereocenters. The van der Waals surface area contributed by atoms with Crippen LogP contribution < -0.4 is 0 Å². The first kappa shape index (κ1) is 32.6. The van der Waals surface area contributed by atoms with Crippen LogP contribution in [0.5, 0.6) is 5.75 Å². The molecule has 2 fully saturated rings. The van der Waals surface area contributed by atoms with E-state index in [2.05, 4.69) is 39.9 Å². The molecule has 4 atom stereocenters. The monoisotopic (exact) mass is 664 g/mol. The number of nitrogens with zero attached hydrogens (tertiary/aromatic N) is 2. The van der Waals surface area contributed by atoms with Crippen molar-refractivity contribution in [1.29, 1.82) is 0 Å². The van der Waals surface area contributed by atoms with E-state index in [0.29, 0.717) is 31.2 Å². The summed E-state index contributed by atoms with van der Waals surface area (Å²) in [6.07, 6.45) is 5.56. The molecule has 0 aromatic heterocycles. The lowest BCUT2D eigenvalue weighted by molar-refractivity contribution is -0.144. The number of carbonyl (C=O) groups is 2. The van der Waals surface area contributed by atoms with Crippen molar-refractivity contribution in [2.24, 2.45) is 17.8 Å². The van der Waals surface area contributed by atoms with Crippen molar-refractivity contribution in [3.63, 3.8) is 0 Å². The number of aliphatic hydroxyl groups excluding tert-OH is 2. The Balaban J connectivity index is 1.28. The Labute approximate surface area is 269 Å². The summed E-state index contributed by atoms with van der Waals surface area (Å²) in [5, 5.41) is 32.5. The van der Waals surface area contributed by atoms with Crippen LogP contribution in [0.3, 0.4) is 0 Å². The van der Waals surface area contributed by atoms with Gasteiger partial charge >= 0.3 is 0 Å². The van der Waals surface area contributed by atoms with E-state index < -0.39 is 23.9 Å². The maximum atomic E-state index is 14.0. The van der Waals surface area contributed by atoms with Gasteiger partial charge in [0, 0.05) is 41.6 Å². The summed E-state index contributed by atoms with van der Waals surface area (Å²) in [6.45, 7) is 6.30. The fourth-order valence-corrected chi connectivity index (χ4v) is 7.93. The number of phenolic OH excluding ortho intramolecular Hbond substituents is 1. The Bertz CT molecular complexity index is 1400. The van der Waals surface area contributed by atoms with Gasteiger partial charge < -0.3 is 15.3 Å². The highest BCUT2D eigenvalue weighted by molar-refractivity contribution is 9.10. The normalized spacial score (nSPS) is 24.2. The first-order valence-corrected chi connectivity index (χ1v) is 16.9. The van der Waals surface area contributed by atoms with Crippen molar-refractivity contribution in [2.75, 3.05) is 19.7 Å². The zero-order valence-corrected chi connectivity index (χ0v) is 27.4. The molecule has 2 aliphatic heterocycles. The molecule has 236 valence electrons. The van der Waals surface area contributed by atoms with Crippen LogP contribution in [-0.2, 0) is 16.1 Å². The zero-order chi connectivity index (χ0) is 31.4. The number of amides is 2. The van der Waals surface area contributed by atoms with Crippen molar-refractivity contribution in [2.45, 2.75) is 77.5 Å². The molecule has 2 aromatic carbocycles. The number of hydrogen-bond acceptors (Lipinski definition) is 6. The summed E-state index contributed by atoms with van der Waals surface area (Å²) in [5.74, 6) is -1.76. The van der Waals surface area contributed by atoms with E-state index in [1.54, 1.807) is 12.1 Å². The van der Waals surface area contributed by atoms with Gasteiger partial charge in [0.1, 0.15) is 5.75 Å². The summed E-state index contributed by atoms with van der Waals surface area (Å²) in [5.41, 5.74) is 4.80. The van der Waals surface area contributed by atoms with Crippen LogP contribution in [0.15, 0.2) is 69.7 Å². The van der Waals surface area contributed by atoms with Gasteiger partial charge in [-0.2, -0.15) is 0 Å². The predicted molar refractivity (Wildman–Crippen MR) is 175 cm³/mol. The lowest BCUT2D eigenvalue weighted by Crippen LogP contribution is -2.47. The lowest BCUT2D eigenvalue weighted by atomic mass is 9.67. The molecule has 3 N–H and O–H groups in total. The number of halogens is 1. The molecule has 44 heavy (non-hydrogen) atoms. The minimum Gasteiger partial charge on any atom is -0.507 e. The molecule has 5 rings (SSSR count). The Hall–Kier alpha value is -2.78. The highest BCUT2D eigenvalue weighted by Gasteiger charge is 2.56. The first-order valence-electron chi connectivity index (χ1n) is 16.1. The van der Waals surface area contributed by atoms with Gasteiger partial charge in [0.15, 0.2) is 0 Å². The number of piperidine rings is 1. The van der Waals surface area contributed by atoms with Crippen LogP contribution in [0, 0.1) is 17.8 Å². The molecule has 7 nitrogen and oxygen atoms in total. The highest BCUT2D eigenvalue weighted by Crippen LogP contribution is 2.48. The molecule has 2 heterocycles. The summed E-state index contributed by atoms with van der Waals surface area (Å²) >= 11 is 3.46. The zero-order valence-electron chi connectivity index (χ0n) is 25.8. The number of phenols is 1. The number of imide groups is 1. The van der Waals surface area contributed by atoms with Crippen LogP contribution in [-0.4, -0.2) is 68.8 Å². The second-order valence-electron chi connectivity index (χ2n) is 12.5. The topological polar surface area (TPSA) is 101 Å². The summed E-state index contributed by atoms with van der Waals surface area (Å²) in [7, 11) is 0.